The van der Waals surface area contributed by atoms with Gasteiger partial charge in [0.1, 0.15) is 0 Å². The molecule has 0 unspecified atom stereocenters. The molecule has 1 heterocycles. The molecule has 0 bridgehead atoms. The Hall–Kier alpha value is -7.22. The first-order valence-electron chi connectivity index (χ1n) is 19.8. The van der Waals surface area contributed by atoms with E-state index in [0.29, 0.717) is 0 Å². The van der Waals surface area contributed by atoms with Crippen molar-refractivity contribution >= 4 is 5.69 Å². The van der Waals surface area contributed by atoms with Crippen LogP contribution in [0.1, 0.15) is 11.1 Å². The lowest BCUT2D eigenvalue weighted by Gasteiger charge is -2.24. The van der Waals surface area contributed by atoms with Gasteiger partial charge in [0.05, 0.1) is 0 Å². The summed E-state index contributed by atoms with van der Waals surface area (Å²) in [5, 5.41) is 0. The van der Waals surface area contributed by atoms with E-state index in [2.05, 4.69) is 229 Å². The number of benzene rings is 9. The molecule has 0 N–H and O–H groups in total. The van der Waals surface area contributed by atoms with Crippen molar-refractivity contribution in [1.29, 1.82) is 0 Å². The van der Waals surface area contributed by atoms with E-state index in [1.165, 1.54) is 94.7 Å². The molecule has 0 radical (unpaired) electrons. The quantitative estimate of drug-likeness (QED) is 0.158. The van der Waals surface area contributed by atoms with Gasteiger partial charge in [-0.1, -0.05) is 164 Å². The minimum atomic E-state index is 0.808. The van der Waals surface area contributed by atoms with Crippen LogP contribution in [-0.4, -0.2) is 0 Å². The largest absolute Gasteiger partial charge is 0.363 e. The average Bonchev–Trinajstić information content (AvgIpc) is 3.46. The highest BCUT2D eigenvalue weighted by molar-refractivity contribution is 5.87. The molecule has 1 aliphatic rings. The summed E-state index contributed by atoms with van der Waals surface area (Å²) in [6.45, 7) is 1.63. The topological polar surface area (TPSA) is 3.24 Å². The SMILES string of the molecule is c1ccc(-c2cc(-c3ccccc3)cc(-c3ccc4c(c3)CN(c3ccccc3)Cc3ccc(-c5cc(-c6ccccc6)cc(-c6ccccc6)c5)cc3-4)c2)cc1. The summed E-state index contributed by atoms with van der Waals surface area (Å²) in [6.07, 6.45) is 0. The van der Waals surface area contributed by atoms with Crippen LogP contribution >= 0.6 is 0 Å². The molecule has 57 heavy (non-hydrogen) atoms. The van der Waals surface area contributed by atoms with Crippen molar-refractivity contribution in [3.63, 3.8) is 0 Å². The molecule has 0 saturated carbocycles. The fourth-order valence-electron chi connectivity index (χ4n) is 8.38. The summed E-state index contributed by atoms with van der Waals surface area (Å²) in [7, 11) is 0. The highest BCUT2D eigenvalue weighted by Gasteiger charge is 2.22. The number of para-hydroxylation sites is 1. The molecule has 270 valence electrons. The molecule has 0 aliphatic carbocycles. The van der Waals surface area contributed by atoms with Crippen molar-refractivity contribution in [3.8, 4) is 77.9 Å². The van der Waals surface area contributed by atoms with E-state index in [1.54, 1.807) is 0 Å². The number of hydrogen-bond donors (Lipinski definition) is 0. The minimum absolute atomic E-state index is 0.808. The highest BCUT2D eigenvalue weighted by Crippen LogP contribution is 2.41. The molecule has 0 saturated heterocycles. The molecule has 1 heteroatoms. The number of anilines is 1. The van der Waals surface area contributed by atoms with E-state index in [4.69, 9.17) is 0 Å². The van der Waals surface area contributed by atoms with Gasteiger partial charge in [0.15, 0.2) is 0 Å². The van der Waals surface area contributed by atoms with Crippen LogP contribution in [-0.2, 0) is 13.1 Å². The van der Waals surface area contributed by atoms with Gasteiger partial charge in [-0.3, -0.25) is 0 Å². The van der Waals surface area contributed by atoms with Crippen LogP contribution in [0.2, 0.25) is 0 Å². The van der Waals surface area contributed by atoms with Crippen LogP contribution < -0.4 is 4.90 Å². The maximum Gasteiger partial charge on any atom is 0.0439 e. The summed E-state index contributed by atoms with van der Waals surface area (Å²) >= 11 is 0. The second kappa shape index (κ2) is 15.1. The molecule has 0 fully saturated rings. The molecule has 0 spiro atoms. The molecule has 0 atom stereocenters. The van der Waals surface area contributed by atoms with Crippen LogP contribution in [0, 0.1) is 0 Å². The molecular weight excluding hydrogens is 687 g/mol. The zero-order valence-electron chi connectivity index (χ0n) is 31.7. The maximum absolute atomic E-state index is 2.52. The van der Waals surface area contributed by atoms with Gasteiger partial charge in [-0.05, 0) is 150 Å². The van der Waals surface area contributed by atoms with Gasteiger partial charge in [-0.15, -0.1) is 0 Å². The van der Waals surface area contributed by atoms with Gasteiger partial charge in [0, 0.05) is 18.8 Å². The normalized spacial score (nSPS) is 12.0. The molecular formula is C56H41N. The lowest BCUT2D eigenvalue weighted by Crippen LogP contribution is -2.20. The molecule has 10 rings (SSSR count). The Morgan fingerprint density at radius 2 is 0.579 bits per heavy atom. The van der Waals surface area contributed by atoms with Crippen LogP contribution in [0.25, 0.3) is 77.9 Å². The Morgan fingerprint density at radius 1 is 0.228 bits per heavy atom. The van der Waals surface area contributed by atoms with Gasteiger partial charge in [0.25, 0.3) is 0 Å². The standard InChI is InChI=1S/C56H41N/c1-6-16-40(17-7-1)47-31-48(41-18-8-2-9-19-41)34-51(33-47)44-28-29-55-53(30-44)39-57(54-24-14-5-15-25-54)38-46-27-26-45(37-56(46)55)52-35-49(42-20-10-3-11-21-42)32-50(36-52)43-22-12-4-13-23-43/h1-37H,38-39H2. The third-order valence-electron chi connectivity index (χ3n) is 11.3. The fraction of sp³-hybridized carbons (Fsp3) is 0.0357. The van der Waals surface area contributed by atoms with Crippen LogP contribution in [0.4, 0.5) is 5.69 Å². The fourth-order valence-corrected chi connectivity index (χ4v) is 8.38. The smallest absolute Gasteiger partial charge is 0.0439 e. The second-order valence-corrected chi connectivity index (χ2v) is 15.0. The Morgan fingerprint density at radius 3 is 1.02 bits per heavy atom. The van der Waals surface area contributed by atoms with Gasteiger partial charge in [-0.25, -0.2) is 0 Å². The van der Waals surface area contributed by atoms with Crippen molar-refractivity contribution < 1.29 is 0 Å². The summed E-state index contributed by atoms with van der Waals surface area (Å²) in [5.74, 6) is 0. The Bertz CT molecular complexity index is 2690. The van der Waals surface area contributed by atoms with Gasteiger partial charge >= 0.3 is 0 Å². The summed E-state index contributed by atoms with van der Waals surface area (Å²) in [6, 6.07) is 82.1. The number of nitrogens with zero attached hydrogens (tertiary/aromatic N) is 1. The van der Waals surface area contributed by atoms with Crippen molar-refractivity contribution in [2.24, 2.45) is 0 Å². The molecule has 9 aromatic rings. The van der Waals surface area contributed by atoms with Gasteiger partial charge in [0.2, 0.25) is 0 Å². The zero-order valence-corrected chi connectivity index (χ0v) is 31.7. The van der Waals surface area contributed by atoms with E-state index in [1.807, 2.05) is 0 Å². The second-order valence-electron chi connectivity index (χ2n) is 15.0. The lowest BCUT2D eigenvalue weighted by molar-refractivity contribution is 0.812. The van der Waals surface area contributed by atoms with Gasteiger partial charge < -0.3 is 4.90 Å². The van der Waals surface area contributed by atoms with Crippen molar-refractivity contribution in [3.05, 3.63) is 236 Å². The molecule has 0 aromatic heterocycles. The Kier molecular flexibility index (Phi) is 9.10. The minimum Gasteiger partial charge on any atom is -0.363 e. The van der Waals surface area contributed by atoms with Crippen LogP contribution in [0.15, 0.2) is 224 Å². The van der Waals surface area contributed by atoms with E-state index >= 15 is 0 Å². The lowest BCUT2D eigenvalue weighted by atomic mass is 9.88. The third-order valence-corrected chi connectivity index (χ3v) is 11.3. The Labute approximate surface area is 335 Å². The monoisotopic (exact) mass is 727 g/mol. The average molecular weight is 728 g/mol. The summed E-state index contributed by atoms with van der Waals surface area (Å²) < 4.78 is 0. The van der Waals surface area contributed by atoms with Crippen molar-refractivity contribution in [2.45, 2.75) is 13.1 Å². The van der Waals surface area contributed by atoms with E-state index in [9.17, 15) is 0 Å². The van der Waals surface area contributed by atoms with E-state index in [-0.39, 0.29) is 0 Å². The van der Waals surface area contributed by atoms with Crippen LogP contribution in [0.5, 0.6) is 0 Å². The highest BCUT2D eigenvalue weighted by atomic mass is 15.1. The predicted octanol–water partition coefficient (Wildman–Crippen LogP) is 14.9. The molecule has 0 amide bonds. The number of fused-ring (bicyclic) bond motifs is 3. The number of rotatable bonds is 7. The van der Waals surface area contributed by atoms with Crippen molar-refractivity contribution in [1.82, 2.24) is 0 Å². The van der Waals surface area contributed by atoms with E-state index < -0.39 is 0 Å². The zero-order chi connectivity index (χ0) is 38.0. The number of hydrogen-bond acceptors (Lipinski definition) is 1. The summed E-state index contributed by atoms with van der Waals surface area (Å²) in [4.78, 5) is 2.52. The first-order chi connectivity index (χ1) is 28.2. The molecule has 1 aliphatic heterocycles. The molecule has 9 aromatic carbocycles. The maximum atomic E-state index is 2.52. The first kappa shape index (κ1) is 34.3. The predicted molar refractivity (Wildman–Crippen MR) is 241 cm³/mol. The van der Waals surface area contributed by atoms with E-state index in [0.717, 1.165) is 13.1 Å². The van der Waals surface area contributed by atoms with Crippen molar-refractivity contribution in [2.75, 3.05) is 4.90 Å². The summed E-state index contributed by atoms with van der Waals surface area (Å²) in [5.41, 5.74) is 21.1. The van der Waals surface area contributed by atoms with Crippen LogP contribution in [0.3, 0.4) is 0 Å². The third kappa shape index (κ3) is 7.08. The first-order valence-corrected chi connectivity index (χ1v) is 19.8. The Balaban J connectivity index is 1.13. The van der Waals surface area contributed by atoms with Gasteiger partial charge in [-0.2, -0.15) is 0 Å². The molecule has 1 nitrogen and oxygen atoms in total.